The first kappa shape index (κ1) is 12.3. The van der Waals surface area contributed by atoms with Gasteiger partial charge in [-0.25, -0.2) is 9.97 Å². The van der Waals surface area contributed by atoms with Crippen molar-refractivity contribution in [3.05, 3.63) is 17.6 Å². The predicted molar refractivity (Wildman–Crippen MR) is 70.4 cm³/mol. The molecule has 0 atom stereocenters. The third-order valence-electron chi connectivity index (χ3n) is 3.14. The lowest BCUT2D eigenvalue weighted by Gasteiger charge is -2.24. The molecule has 1 aromatic heterocycles. The number of nitrogens with one attached hydrogen (secondary N) is 2. The van der Waals surface area contributed by atoms with Crippen molar-refractivity contribution in [2.75, 3.05) is 18.4 Å². The molecule has 0 amide bonds. The molecule has 2 heterocycles. The topological polar surface area (TPSA) is 49.8 Å². The summed E-state index contributed by atoms with van der Waals surface area (Å²) in [4.78, 5) is 8.93. The number of hydrogen-bond donors (Lipinski definition) is 2. The van der Waals surface area contributed by atoms with Crippen LogP contribution in [0.3, 0.4) is 0 Å². The zero-order valence-corrected chi connectivity index (χ0v) is 11.0. The summed E-state index contributed by atoms with van der Waals surface area (Å²) in [5.41, 5.74) is 1.12. The van der Waals surface area contributed by atoms with Gasteiger partial charge in [-0.2, -0.15) is 0 Å². The number of aryl methyl sites for hydroxylation is 1. The highest BCUT2D eigenvalue weighted by molar-refractivity contribution is 5.38. The van der Waals surface area contributed by atoms with Crippen molar-refractivity contribution < 1.29 is 0 Å². The fraction of sp³-hybridized carbons (Fsp3) is 0.692. The Morgan fingerprint density at radius 2 is 2.00 bits per heavy atom. The first-order valence-corrected chi connectivity index (χ1v) is 6.48. The van der Waals surface area contributed by atoms with Gasteiger partial charge in [0.2, 0.25) is 0 Å². The summed E-state index contributed by atoms with van der Waals surface area (Å²) in [7, 11) is 0. The lowest BCUT2D eigenvalue weighted by molar-refractivity contribution is 0.478. The van der Waals surface area contributed by atoms with Crippen molar-refractivity contribution in [3.63, 3.8) is 0 Å². The molecule has 0 bridgehead atoms. The van der Waals surface area contributed by atoms with Crippen LogP contribution in [0.2, 0.25) is 0 Å². The van der Waals surface area contributed by atoms with Crippen LogP contribution < -0.4 is 10.6 Å². The molecule has 17 heavy (non-hydrogen) atoms. The zero-order chi connectivity index (χ0) is 12.3. The third kappa shape index (κ3) is 3.40. The number of nitrogens with zero attached hydrogens (tertiary/aromatic N) is 2. The van der Waals surface area contributed by atoms with Crippen molar-refractivity contribution in [2.24, 2.45) is 0 Å². The van der Waals surface area contributed by atoms with E-state index in [1.54, 1.807) is 0 Å². The molecule has 4 nitrogen and oxygen atoms in total. The molecule has 94 valence electrons. The van der Waals surface area contributed by atoms with Gasteiger partial charge in [0.1, 0.15) is 11.6 Å². The molecule has 1 saturated heterocycles. The molecule has 0 saturated carbocycles. The van der Waals surface area contributed by atoms with E-state index in [-0.39, 0.29) is 0 Å². The first-order chi connectivity index (χ1) is 8.15. The van der Waals surface area contributed by atoms with Gasteiger partial charge < -0.3 is 10.6 Å². The summed E-state index contributed by atoms with van der Waals surface area (Å²) in [5.74, 6) is 2.28. The minimum absolute atomic E-state index is 0.449. The van der Waals surface area contributed by atoms with E-state index in [9.17, 15) is 0 Å². The van der Waals surface area contributed by atoms with Crippen LogP contribution in [-0.4, -0.2) is 29.1 Å². The van der Waals surface area contributed by atoms with Crippen molar-refractivity contribution in [1.29, 1.82) is 0 Å². The number of rotatable bonds is 3. The summed E-state index contributed by atoms with van der Waals surface area (Å²) in [5, 5.41) is 6.89. The van der Waals surface area contributed by atoms with Gasteiger partial charge in [-0.15, -0.1) is 0 Å². The Balaban J connectivity index is 2.09. The molecule has 0 aliphatic carbocycles. The Hall–Kier alpha value is -1.16. The van der Waals surface area contributed by atoms with Gasteiger partial charge in [-0.05, 0) is 38.8 Å². The minimum atomic E-state index is 0.449. The number of anilines is 1. The molecule has 0 aromatic carbocycles. The Kier molecular flexibility index (Phi) is 3.94. The molecule has 0 radical (unpaired) electrons. The number of aromatic nitrogens is 2. The third-order valence-corrected chi connectivity index (χ3v) is 3.14. The second kappa shape index (κ2) is 5.45. The second-order valence-electron chi connectivity index (χ2n) is 5.05. The molecule has 4 heteroatoms. The highest BCUT2D eigenvalue weighted by Gasteiger charge is 2.14. The molecule has 0 spiro atoms. The predicted octanol–water partition coefficient (Wildman–Crippen LogP) is 2.07. The van der Waals surface area contributed by atoms with E-state index in [0.717, 1.165) is 30.4 Å². The van der Waals surface area contributed by atoms with Crippen molar-refractivity contribution in [3.8, 4) is 0 Å². The summed E-state index contributed by atoms with van der Waals surface area (Å²) in [6.07, 6.45) is 2.33. The van der Waals surface area contributed by atoms with Crippen LogP contribution in [0.1, 0.15) is 44.1 Å². The Bertz CT molecular complexity index is 370. The van der Waals surface area contributed by atoms with Crippen LogP contribution >= 0.6 is 0 Å². The van der Waals surface area contributed by atoms with Crippen LogP contribution in [0.4, 0.5) is 5.82 Å². The fourth-order valence-corrected chi connectivity index (χ4v) is 2.14. The van der Waals surface area contributed by atoms with Gasteiger partial charge in [0, 0.05) is 17.8 Å². The Morgan fingerprint density at radius 1 is 1.29 bits per heavy atom. The SMILES string of the molecule is Cc1nc(NC2CCNCC2)cc(C(C)C)n1. The van der Waals surface area contributed by atoms with E-state index in [1.807, 2.05) is 6.92 Å². The average molecular weight is 234 g/mol. The maximum absolute atomic E-state index is 4.47. The van der Waals surface area contributed by atoms with Crippen LogP contribution in [0.5, 0.6) is 0 Å². The van der Waals surface area contributed by atoms with Gasteiger partial charge in [0.15, 0.2) is 0 Å². The normalized spacial score (nSPS) is 17.4. The van der Waals surface area contributed by atoms with Gasteiger partial charge in [-0.3, -0.25) is 0 Å². The second-order valence-corrected chi connectivity index (χ2v) is 5.05. The molecule has 2 N–H and O–H groups in total. The van der Waals surface area contributed by atoms with Crippen LogP contribution in [0, 0.1) is 6.92 Å². The van der Waals surface area contributed by atoms with Gasteiger partial charge in [0.25, 0.3) is 0 Å². The van der Waals surface area contributed by atoms with E-state index in [0.29, 0.717) is 12.0 Å². The summed E-state index contributed by atoms with van der Waals surface area (Å²) in [6.45, 7) is 8.48. The van der Waals surface area contributed by atoms with Crippen LogP contribution in [0.15, 0.2) is 6.07 Å². The van der Waals surface area contributed by atoms with E-state index in [1.165, 1.54) is 12.8 Å². The smallest absolute Gasteiger partial charge is 0.130 e. The van der Waals surface area contributed by atoms with E-state index >= 15 is 0 Å². The molecule has 1 aromatic rings. The maximum Gasteiger partial charge on any atom is 0.130 e. The first-order valence-electron chi connectivity index (χ1n) is 6.48. The van der Waals surface area contributed by atoms with Gasteiger partial charge >= 0.3 is 0 Å². The molecule has 1 aliphatic heterocycles. The average Bonchev–Trinajstić information content (AvgIpc) is 2.29. The van der Waals surface area contributed by atoms with Crippen molar-refractivity contribution in [1.82, 2.24) is 15.3 Å². The molecule has 0 unspecified atom stereocenters. The largest absolute Gasteiger partial charge is 0.367 e. The molecule has 1 fully saturated rings. The van der Waals surface area contributed by atoms with Crippen molar-refractivity contribution >= 4 is 5.82 Å². The molecule has 2 rings (SSSR count). The van der Waals surface area contributed by atoms with Crippen LogP contribution in [-0.2, 0) is 0 Å². The summed E-state index contributed by atoms with van der Waals surface area (Å²) < 4.78 is 0. The highest BCUT2D eigenvalue weighted by atomic mass is 15.1. The van der Waals surface area contributed by atoms with Crippen LogP contribution in [0.25, 0.3) is 0 Å². The highest BCUT2D eigenvalue weighted by Crippen LogP contribution is 2.17. The summed E-state index contributed by atoms with van der Waals surface area (Å²) >= 11 is 0. The van der Waals surface area contributed by atoms with Gasteiger partial charge in [-0.1, -0.05) is 13.8 Å². The van der Waals surface area contributed by atoms with Crippen molar-refractivity contribution in [2.45, 2.75) is 45.6 Å². The molecule has 1 aliphatic rings. The zero-order valence-electron chi connectivity index (χ0n) is 11.0. The van der Waals surface area contributed by atoms with E-state index < -0.39 is 0 Å². The molecular formula is C13H22N4. The minimum Gasteiger partial charge on any atom is -0.367 e. The quantitative estimate of drug-likeness (QED) is 0.840. The Morgan fingerprint density at radius 3 is 2.65 bits per heavy atom. The standard InChI is InChI=1S/C13H22N4/c1-9(2)12-8-13(16-10(3)15-12)17-11-4-6-14-7-5-11/h8-9,11,14H,4-7H2,1-3H3,(H,15,16,17). The monoisotopic (exact) mass is 234 g/mol. The van der Waals surface area contributed by atoms with E-state index in [4.69, 9.17) is 0 Å². The van der Waals surface area contributed by atoms with E-state index in [2.05, 4.69) is 40.5 Å². The van der Waals surface area contributed by atoms with Gasteiger partial charge in [0.05, 0.1) is 0 Å². The Labute approximate surface area is 103 Å². The maximum atomic E-state index is 4.47. The summed E-state index contributed by atoms with van der Waals surface area (Å²) in [6, 6.07) is 2.63. The molecular weight excluding hydrogens is 212 g/mol. The number of hydrogen-bond acceptors (Lipinski definition) is 4. The number of piperidine rings is 1. The lowest BCUT2D eigenvalue weighted by atomic mass is 10.1. The lowest BCUT2D eigenvalue weighted by Crippen LogP contribution is -2.35. The fourth-order valence-electron chi connectivity index (χ4n) is 2.14.